The summed E-state index contributed by atoms with van der Waals surface area (Å²) in [5.74, 6) is 1.11. The largest absolute Gasteiger partial charge is 0.307 e. The van der Waals surface area contributed by atoms with Crippen LogP contribution in [0.15, 0.2) is 18.3 Å². The second kappa shape index (κ2) is 3.33. The van der Waals surface area contributed by atoms with Crippen LogP contribution in [-0.4, -0.2) is 14.5 Å². The van der Waals surface area contributed by atoms with E-state index in [1.165, 1.54) is 0 Å². The minimum atomic E-state index is 0.0362. The van der Waals surface area contributed by atoms with Crippen molar-refractivity contribution in [2.24, 2.45) is 0 Å². The summed E-state index contributed by atoms with van der Waals surface area (Å²) in [5.41, 5.74) is 2.01. The minimum Gasteiger partial charge on any atom is -0.307 e. The predicted molar refractivity (Wildman–Crippen MR) is 61.9 cm³/mol. The van der Waals surface area contributed by atoms with Gasteiger partial charge in [0.25, 0.3) is 0 Å². The standard InChI is InChI=1S/C12H17N3/c1-5-10-14-9-7-6-8-13-11(9)15(10)12(2,3)4/h6-8H,5H2,1-4H3. The quantitative estimate of drug-likeness (QED) is 0.713. The molecule has 0 aliphatic rings. The molecule has 80 valence electrons. The molecule has 3 nitrogen and oxygen atoms in total. The van der Waals surface area contributed by atoms with Gasteiger partial charge in [0.1, 0.15) is 11.3 Å². The molecule has 0 saturated heterocycles. The zero-order chi connectivity index (χ0) is 11.1. The molecule has 0 fully saturated rings. The van der Waals surface area contributed by atoms with E-state index < -0.39 is 0 Å². The van der Waals surface area contributed by atoms with E-state index in [0.29, 0.717) is 0 Å². The van der Waals surface area contributed by atoms with Crippen molar-refractivity contribution in [1.82, 2.24) is 14.5 Å². The molecule has 15 heavy (non-hydrogen) atoms. The molecule has 0 bridgehead atoms. The van der Waals surface area contributed by atoms with Crippen LogP contribution in [0.1, 0.15) is 33.5 Å². The molecule has 3 heteroatoms. The molecule has 0 amide bonds. The topological polar surface area (TPSA) is 30.7 Å². The molecule has 0 spiro atoms. The van der Waals surface area contributed by atoms with Crippen LogP contribution in [-0.2, 0) is 12.0 Å². The maximum Gasteiger partial charge on any atom is 0.160 e. The smallest absolute Gasteiger partial charge is 0.160 e. The maximum absolute atomic E-state index is 4.60. The first-order valence-electron chi connectivity index (χ1n) is 5.37. The van der Waals surface area contributed by atoms with E-state index >= 15 is 0 Å². The summed E-state index contributed by atoms with van der Waals surface area (Å²) in [4.78, 5) is 9.01. The first-order valence-corrected chi connectivity index (χ1v) is 5.37. The molecule has 0 aliphatic heterocycles. The van der Waals surface area contributed by atoms with E-state index in [1.54, 1.807) is 0 Å². The van der Waals surface area contributed by atoms with Crippen molar-refractivity contribution in [3.63, 3.8) is 0 Å². The highest BCUT2D eigenvalue weighted by Crippen LogP contribution is 2.23. The van der Waals surface area contributed by atoms with Crippen LogP contribution in [0.4, 0.5) is 0 Å². The Morgan fingerprint density at radius 1 is 1.33 bits per heavy atom. The number of pyridine rings is 1. The average Bonchev–Trinajstić information content (AvgIpc) is 2.54. The van der Waals surface area contributed by atoms with E-state index in [4.69, 9.17) is 0 Å². The number of hydrogen-bond acceptors (Lipinski definition) is 2. The van der Waals surface area contributed by atoms with Crippen molar-refractivity contribution >= 4 is 11.2 Å². The fourth-order valence-electron chi connectivity index (χ4n) is 1.90. The molecule has 2 rings (SSSR count). The van der Waals surface area contributed by atoms with E-state index in [-0.39, 0.29) is 5.54 Å². The van der Waals surface area contributed by atoms with Gasteiger partial charge in [0, 0.05) is 18.2 Å². The lowest BCUT2D eigenvalue weighted by Crippen LogP contribution is -2.24. The lowest BCUT2D eigenvalue weighted by Gasteiger charge is -2.23. The number of aryl methyl sites for hydroxylation is 1. The normalized spacial score (nSPS) is 12.3. The first kappa shape index (κ1) is 10.1. The highest BCUT2D eigenvalue weighted by molar-refractivity contribution is 5.71. The number of imidazole rings is 1. The molecule has 0 unspecified atom stereocenters. The van der Waals surface area contributed by atoms with Gasteiger partial charge < -0.3 is 4.57 Å². The lowest BCUT2D eigenvalue weighted by atomic mass is 10.1. The zero-order valence-electron chi connectivity index (χ0n) is 9.78. The Balaban J connectivity index is 2.79. The molecule has 0 aliphatic carbocycles. The molecule has 0 saturated carbocycles. The highest BCUT2D eigenvalue weighted by atomic mass is 15.2. The molecule has 0 N–H and O–H groups in total. The molecule has 0 radical (unpaired) electrons. The van der Waals surface area contributed by atoms with Crippen LogP contribution in [0.2, 0.25) is 0 Å². The third-order valence-corrected chi connectivity index (χ3v) is 2.47. The van der Waals surface area contributed by atoms with Crippen LogP contribution in [0.25, 0.3) is 11.2 Å². The summed E-state index contributed by atoms with van der Waals surface area (Å²) in [6.45, 7) is 8.68. The Labute approximate surface area is 90.2 Å². The maximum atomic E-state index is 4.60. The Bertz CT molecular complexity index is 477. The summed E-state index contributed by atoms with van der Waals surface area (Å²) in [6.07, 6.45) is 2.76. The van der Waals surface area contributed by atoms with Crippen LogP contribution in [0.3, 0.4) is 0 Å². The van der Waals surface area contributed by atoms with Crippen molar-refractivity contribution in [1.29, 1.82) is 0 Å². The second-order valence-corrected chi connectivity index (χ2v) is 4.73. The van der Waals surface area contributed by atoms with Crippen LogP contribution < -0.4 is 0 Å². The zero-order valence-corrected chi connectivity index (χ0v) is 9.78. The Kier molecular flexibility index (Phi) is 2.25. The Morgan fingerprint density at radius 3 is 2.67 bits per heavy atom. The molecule has 2 heterocycles. The molecular weight excluding hydrogens is 186 g/mol. The predicted octanol–water partition coefficient (Wildman–Crippen LogP) is 2.75. The van der Waals surface area contributed by atoms with Gasteiger partial charge in [-0.2, -0.15) is 0 Å². The Hall–Kier alpha value is -1.38. The summed E-state index contributed by atoms with van der Waals surface area (Å²) in [7, 11) is 0. The van der Waals surface area contributed by atoms with Crippen molar-refractivity contribution in [2.75, 3.05) is 0 Å². The van der Waals surface area contributed by atoms with Crippen molar-refractivity contribution in [3.05, 3.63) is 24.2 Å². The fourth-order valence-corrected chi connectivity index (χ4v) is 1.90. The first-order chi connectivity index (χ1) is 7.04. The second-order valence-electron chi connectivity index (χ2n) is 4.73. The number of rotatable bonds is 1. The summed E-state index contributed by atoms with van der Waals surface area (Å²) in [5, 5.41) is 0. The average molecular weight is 203 g/mol. The minimum absolute atomic E-state index is 0.0362. The number of aromatic nitrogens is 3. The van der Waals surface area contributed by atoms with Crippen LogP contribution >= 0.6 is 0 Å². The monoisotopic (exact) mass is 203 g/mol. The number of fused-ring (bicyclic) bond motifs is 1. The van der Waals surface area contributed by atoms with Crippen molar-refractivity contribution < 1.29 is 0 Å². The fraction of sp³-hybridized carbons (Fsp3) is 0.500. The third-order valence-electron chi connectivity index (χ3n) is 2.47. The molecule has 0 atom stereocenters. The van der Waals surface area contributed by atoms with Gasteiger partial charge in [-0.25, -0.2) is 9.97 Å². The van der Waals surface area contributed by atoms with Gasteiger partial charge in [0.15, 0.2) is 5.65 Å². The number of hydrogen-bond donors (Lipinski definition) is 0. The van der Waals surface area contributed by atoms with Crippen molar-refractivity contribution in [3.8, 4) is 0 Å². The summed E-state index contributed by atoms with van der Waals surface area (Å²) < 4.78 is 2.22. The van der Waals surface area contributed by atoms with Crippen LogP contribution in [0, 0.1) is 0 Å². The summed E-state index contributed by atoms with van der Waals surface area (Å²) in [6, 6.07) is 3.95. The lowest BCUT2D eigenvalue weighted by molar-refractivity contribution is 0.393. The molecular formula is C12H17N3. The van der Waals surface area contributed by atoms with Gasteiger partial charge in [-0.15, -0.1) is 0 Å². The van der Waals surface area contributed by atoms with Gasteiger partial charge in [0.05, 0.1) is 0 Å². The van der Waals surface area contributed by atoms with Crippen molar-refractivity contribution in [2.45, 2.75) is 39.7 Å². The van der Waals surface area contributed by atoms with E-state index in [2.05, 4.69) is 42.2 Å². The van der Waals surface area contributed by atoms with E-state index in [1.807, 2.05) is 18.3 Å². The molecule has 2 aromatic heterocycles. The Morgan fingerprint density at radius 2 is 2.07 bits per heavy atom. The van der Waals surface area contributed by atoms with E-state index in [0.717, 1.165) is 23.4 Å². The van der Waals surface area contributed by atoms with Gasteiger partial charge in [0.2, 0.25) is 0 Å². The van der Waals surface area contributed by atoms with Gasteiger partial charge in [-0.3, -0.25) is 0 Å². The SMILES string of the molecule is CCc1nc2cccnc2n1C(C)(C)C. The highest BCUT2D eigenvalue weighted by Gasteiger charge is 2.20. The summed E-state index contributed by atoms with van der Waals surface area (Å²) >= 11 is 0. The van der Waals surface area contributed by atoms with Gasteiger partial charge >= 0.3 is 0 Å². The molecule has 0 aromatic carbocycles. The van der Waals surface area contributed by atoms with Crippen LogP contribution in [0.5, 0.6) is 0 Å². The van der Waals surface area contributed by atoms with Gasteiger partial charge in [-0.05, 0) is 32.9 Å². The number of nitrogens with zero attached hydrogens (tertiary/aromatic N) is 3. The third kappa shape index (κ3) is 1.62. The van der Waals surface area contributed by atoms with E-state index in [9.17, 15) is 0 Å². The molecule has 2 aromatic rings. The van der Waals surface area contributed by atoms with Gasteiger partial charge in [-0.1, -0.05) is 6.92 Å².